The molecule has 0 spiro atoms. The van der Waals surface area contributed by atoms with E-state index in [-0.39, 0.29) is 10.9 Å². The summed E-state index contributed by atoms with van der Waals surface area (Å²) in [6.45, 7) is 1.28. The highest BCUT2D eigenvalue weighted by atomic mass is 35.5. The van der Waals surface area contributed by atoms with Crippen molar-refractivity contribution in [3.8, 4) is 11.1 Å². The molecule has 146 valence electrons. The van der Waals surface area contributed by atoms with Gasteiger partial charge in [-0.1, -0.05) is 35.9 Å². The lowest BCUT2D eigenvalue weighted by atomic mass is 10.1. The van der Waals surface area contributed by atoms with Gasteiger partial charge in [-0.2, -0.15) is 0 Å². The van der Waals surface area contributed by atoms with Crippen LogP contribution in [0.25, 0.3) is 11.1 Å². The Kier molecular flexibility index (Phi) is 5.68. The molecule has 0 radical (unpaired) electrons. The maximum Gasteiger partial charge on any atom is 0.240 e. The molecule has 1 aliphatic heterocycles. The zero-order valence-corrected chi connectivity index (χ0v) is 17.5. The Morgan fingerprint density at radius 3 is 2.75 bits per heavy atom. The van der Waals surface area contributed by atoms with Gasteiger partial charge in [0.2, 0.25) is 10.0 Å². The number of rotatable bonds is 6. The Morgan fingerprint density at radius 1 is 1.18 bits per heavy atom. The monoisotopic (exact) mass is 433 g/mol. The molecule has 0 saturated carbocycles. The predicted molar refractivity (Wildman–Crippen MR) is 115 cm³/mol. The second-order valence-electron chi connectivity index (χ2n) is 6.69. The van der Waals surface area contributed by atoms with E-state index in [1.807, 2.05) is 23.6 Å². The lowest BCUT2D eigenvalue weighted by Crippen LogP contribution is -2.40. The minimum atomic E-state index is -3.60. The summed E-state index contributed by atoms with van der Waals surface area (Å²) in [6.07, 6.45) is 3.77. The van der Waals surface area contributed by atoms with Crippen molar-refractivity contribution in [3.63, 3.8) is 0 Å². The summed E-state index contributed by atoms with van der Waals surface area (Å²) < 4.78 is 28.5. The Hall–Kier alpha value is -1.93. The average molecular weight is 434 g/mol. The third-order valence-electron chi connectivity index (χ3n) is 4.87. The number of sulfonamides is 1. The number of anilines is 1. The fraction of sp³-hybridized carbons (Fsp3) is 0.250. The Morgan fingerprint density at radius 2 is 2.00 bits per heavy atom. The normalized spacial score (nSPS) is 17.2. The molecule has 1 fully saturated rings. The number of hydrogen-bond donors (Lipinski definition) is 1. The van der Waals surface area contributed by atoms with Gasteiger partial charge >= 0.3 is 0 Å². The number of nitrogens with zero attached hydrogens (tertiary/aromatic N) is 2. The summed E-state index contributed by atoms with van der Waals surface area (Å²) >= 11 is 7.52. The van der Waals surface area contributed by atoms with Crippen molar-refractivity contribution >= 4 is 38.1 Å². The van der Waals surface area contributed by atoms with Gasteiger partial charge in [-0.3, -0.25) is 0 Å². The smallest absolute Gasteiger partial charge is 0.240 e. The van der Waals surface area contributed by atoms with Crippen molar-refractivity contribution in [3.05, 3.63) is 65.1 Å². The van der Waals surface area contributed by atoms with Crippen LogP contribution < -0.4 is 9.62 Å². The maximum absolute atomic E-state index is 12.9. The van der Waals surface area contributed by atoms with E-state index < -0.39 is 10.0 Å². The van der Waals surface area contributed by atoms with Crippen molar-refractivity contribution in [1.29, 1.82) is 0 Å². The van der Waals surface area contributed by atoms with Crippen LogP contribution in [0.1, 0.15) is 12.8 Å². The Bertz CT molecular complexity index is 1040. The average Bonchev–Trinajstić information content (AvgIpc) is 3.38. The third-order valence-corrected chi connectivity index (χ3v) is 7.35. The zero-order chi connectivity index (χ0) is 19.6. The molecule has 0 amide bonds. The number of halogens is 1. The highest BCUT2D eigenvalue weighted by molar-refractivity contribution is 7.89. The van der Waals surface area contributed by atoms with Crippen molar-refractivity contribution in [2.75, 3.05) is 18.0 Å². The van der Waals surface area contributed by atoms with E-state index in [2.05, 4.69) is 14.6 Å². The van der Waals surface area contributed by atoms with Gasteiger partial charge in [-0.05, 0) is 48.2 Å². The second-order valence-corrected chi connectivity index (χ2v) is 9.77. The van der Waals surface area contributed by atoms with E-state index in [0.29, 0.717) is 11.6 Å². The molecule has 1 N–H and O–H groups in total. The first-order valence-corrected chi connectivity index (χ1v) is 11.8. The number of nitrogens with one attached hydrogen (secondary N) is 1. The fourth-order valence-corrected chi connectivity index (χ4v) is 5.42. The largest absolute Gasteiger partial charge is 0.344 e. The number of thiazole rings is 1. The summed E-state index contributed by atoms with van der Waals surface area (Å²) in [7, 11) is -3.60. The van der Waals surface area contributed by atoms with Gasteiger partial charge in [-0.25, -0.2) is 18.1 Å². The molecule has 0 bridgehead atoms. The van der Waals surface area contributed by atoms with E-state index in [9.17, 15) is 8.42 Å². The standard InChI is InChI=1S/C20H20ClN3O2S2/c21-17-8-6-15(7-9-17)16-3-1-5-19(13-16)28(25,26)23-14-18-4-2-11-24(18)20-22-10-12-27-20/h1,3,5-10,12-13,18,23H,2,4,11,14H2. The molecule has 2 aromatic carbocycles. The maximum atomic E-state index is 12.9. The van der Waals surface area contributed by atoms with Crippen LogP contribution in [-0.2, 0) is 10.0 Å². The van der Waals surface area contributed by atoms with Gasteiger partial charge in [0.15, 0.2) is 5.13 Å². The van der Waals surface area contributed by atoms with E-state index in [1.54, 1.807) is 47.9 Å². The molecule has 1 atom stereocenters. The number of benzene rings is 2. The molecule has 28 heavy (non-hydrogen) atoms. The van der Waals surface area contributed by atoms with Crippen molar-refractivity contribution in [1.82, 2.24) is 9.71 Å². The first-order valence-electron chi connectivity index (χ1n) is 9.05. The van der Waals surface area contributed by atoms with Crippen LogP contribution in [0, 0.1) is 0 Å². The molecular weight excluding hydrogens is 414 g/mol. The zero-order valence-electron chi connectivity index (χ0n) is 15.1. The molecule has 1 saturated heterocycles. The fourth-order valence-electron chi connectivity index (χ4n) is 3.43. The van der Waals surface area contributed by atoms with Crippen LogP contribution in [0.5, 0.6) is 0 Å². The third kappa shape index (κ3) is 4.22. The lowest BCUT2D eigenvalue weighted by molar-refractivity contribution is 0.567. The number of hydrogen-bond acceptors (Lipinski definition) is 5. The highest BCUT2D eigenvalue weighted by Crippen LogP contribution is 2.28. The van der Waals surface area contributed by atoms with E-state index >= 15 is 0 Å². The van der Waals surface area contributed by atoms with Crippen LogP contribution in [0.4, 0.5) is 5.13 Å². The van der Waals surface area contributed by atoms with Gasteiger partial charge < -0.3 is 4.90 Å². The molecule has 1 aliphatic rings. The predicted octanol–water partition coefficient (Wildman–Crippen LogP) is 4.41. The van der Waals surface area contributed by atoms with E-state index in [1.165, 1.54) is 0 Å². The van der Waals surface area contributed by atoms with Crippen LogP contribution in [-0.4, -0.2) is 32.5 Å². The van der Waals surface area contributed by atoms with Crippen LogP contribution in [0.3, 0.4) is 0 Å². The topological polar surface area (TPSA) is 62.3 Å². The summed E-state index contributed by atoms with van der Waals surface area (Å²) in [6, 6.07) is 14.4. The number of aromatic nitrogens is 1. The van der Waals surface area contributed by atoms with Crippen molar-refractivity contribution in [2.24, 2.45) is 0 Å². The second kappa shape index (κ2) is 8.21. The molecule has 1 unspecified atom stereocenters. The van der Waals surface area contributed by atoms with E-state index in [0.717, 1.165) is 35.6 Å². The van der Waals surface area contributed by atoms with Crippen molar-refractivity contribution in [2.45, 2.75) is 23.8 Å². The molecule has 1 aromatic heterocycles. The molecule has 5 nitrogen and oxygen atoms in total. The molecule has 3 aromatic rings. The first-order chi connectivity index (χ1) is 13.5. The van der Waals surface area contributed by atoms with Gasteiger partial charge in [0.1, 0.15) is 0 Å². The van der Waals surface area contributed by atoms with Gasteiger partial charge in [0.25, 0.3) is 0 Å². The molecule has 8 heteroatoms. The first kappa shape index (κ1) is 19.4. The van der Waals surface area contributed by atoms with Crippen LogP contribution in [0.15, 0.2) is 65.0 Å². The molecule has 4 rings (SSSR count). The van der Waals surface area contributed by atoms with Gasteiger partial charge in [-0.15, -0.1) is 11.3 Å². The van der Waals surface area contributed by atoms with Gasteiger partial charge in [0, 0.05) is 35.7 Å². The molecular formula is C20H20ClN3O2S2. The van der Waals surface area contributed by atoms with Crippen molar-refractivity contribution < 1.29 is 8.42 Å². The summed E-state index contributed by atoms with van der Waals surface area (Å²) in [5.41, 5.74) is 1.76. The van der Waals surface area contributed by atoms with Crippen LogP contribution >= 0.6 is 22.9 Å². The lowest BCUT2D eigenvalue weighted by Gasteiger charge is -2.24. The summed E-state index contributed by atoms with van der Waals surface area (Å²) in [4.78, 5) is 6.81. The highest BCUT2D eigenvalue weighted by Gasteiger charge is 2.28. The summed E-state index contributed by atoms with van der Waals surface area (Å²) in [5, 5.41) is 3.54. The minimum Gasteiger partial charge on any atom is -0.344 e. The quantitative estimate of drug-likeness (QED) is 0.625. The Labute approximate surface area is 174 Å². The minimum absolute atomic E-state index is 0.125. The van der Waals surface area contributed by atoms with E-state index in [4.69, 9.17) is 11.6 Å². The summed E-state index contributed by atoms with van der Waals surface area (Å²) in [5.74, 6) is 0. The SMILES string of the molecule is O=S(=O)(NCC1CCCN1c1nccs1)c1cccc(-c2ccc(Cl)cc2)c1. The van der Waals surface area contributed by atoms with Gasteiger partial charge in [0.05, 0.1) is 4.90 Å². The molecule has 2 heterocycles. The molecule has 0 aliphatic carbocycles. The van der Waals surface area contributed by atoms with Crippen LogP contribution in [0.2, 0.25) is 5.02 Å². The Balaban J connectivity index is 1.49.